The van der Waals surface area contributed by atoms with Crippen molar-refractivity contribution in [3.63, 3.8) is 0 Å². The number of rotatable bonds is 2. The van der Waals surface area contributed by atoms with Gasteiger partial charge in [0.2, 0.25) is 0 Å². The zero-order valence-electron chi connectivity index (χ0n) is 11.3. The molecule has 1 saturated carbocycles. The zero-order chi connectivity index (χ0) is 13.4. The summed E-state index contributed by atoms with van der Waals surface area (Å²) in [7, 11) is 0. The average molecular weight is 278 g/mol. The fraction of sp³-hybridized carbons (Fsp3) is 0.533. The first-order valence-electron chi connectivity index (χ1n) is 7.12. The Bertz CT molecular complexity index is 590. The van der Waals surface area contributed by atoms with Crippen molar-refractivity contribution in [1.82, 2.24) is 9.55 Å². The largest absolute Gasteiger partial charge is 0.327 e. The maximum Gasteiger partial charge on any atom is 0.114 e. The van der Waals surface area contributed by atoms with Crippen molar-refractivity contribution >= 4 is 22.6 Å². The number of hydrogen-bond donors (Lipinski definition) is 1. The van der Waals surface area contributed by atoms with E-state index in [1.54, 1.807) is 0 Å². The van der Waals surface area contributed by atoms with Gasteiger partial charge in [0.25, 0.3) is 0 Å². The predicted octanol–water partition coefficient (Wildman–Crippen LogP) is 3.69. The molecule has 2 atom stereocenters. The van der Waals surface area contributed by atoms with Crippen molar-refractivity contribution in [2.24, 2.45) is 5.73 Å². The number of aromatic nitrogens is 2. The second kappa shape index (κ2) is 5.14. The molecule has 3 rings (SSSR count). The summed E-state index contributed by atoms with van der Waals surface area (Å²) in [4.78, 5) is 4.82. The van der Waals surface area contributed by atoms with E-state index in [2.05, 4.69) is 11.5 Å². The normalized spacial score (nSPS) is 23.9. The quantitative estimate of drug-likeness (QED) is 0.910. The van der Waals surface area contributed by atoms with Crippen LogP contribution in [0.2, 0.25) is 5.02 Å². The molecule has 1 aliphatic rings. The van der Waals surface area contributed by atoms with Crippen molar-refractivity contribution in [3.05, 3.63) is 29.0 Å². The summed E-state index contributed by atoms with van der Waals surface area (Å²) in [6.07, 6.45) is 4.73. The minimum atomic E-state index is 0.231. The van der Waals surface area contributed by atoms with Gasteiger partial charge >= 0.3 is 0 Å². The Morgan fingerprint density at radius 3 is 2.89 bits per heavy atom. The number of aryl methyl sites for hydroxylation is 1. The summed E-state index contributed by atoms with van der Waals surface area (Å²) < 4.78 is 2.24. The number of nitrogens with zero attached hydrogens (tertiary/aromatic N) is 2. The van der Waals surface area contributed by atoms with Gasteiger partial charge in [0.15, 0.2) is 0 Å². The lowest BCUT2D eigenvalue weighted by atomic mass is 9.84. The third kappa shape index (κ3) is 2.15. The van der Waals surface area contributed by atoms with Gasteiger partial charge in [0, 0.05) is 18.5 Å². The van der Waals surface area contributed by atoms with Gasteiger partial charge in [0.05, 0.1) is 16.1 Å². The van der Waals surface area contributed by atoms with Gasteiger partial charge in [-0.15, -0.1) is 0 Å². The van der Waals surface area contributed by atoms with Crippen LogP contribution in [0.3, 0.4) is 0 Å². The van der Waals surface area contributed by atoms with Crippen molar-refractivity contribution in [3.8, 4) is 0 Å². The molecule has 1 aliphatic carbocycles. The summed E-state index contributed by atoms with van der Waals surface area (Å²) in [5, 5.41) is 0.780. The van der Waals surface area contributed by atoms with Gasteiger partial charge < -0.3 is 10.3 Å². The highest BCUT2D eigenvalue weighted by molar-refractivity contribution is 6.35. The lowest BCUT2D eigenvalue weighted by molar-refractivity contribution is 0.366. The maximum absolute atomic E-state index is 6.34. The zero-order valence-corrected chi connectivity index (χ0v) is 12.0. The van der Waals surface area contributed by atoms with E-state index in [-0.39, 0.29) is 6.04 Å². The Labute approximate surface area is 118 Å². The molecule has 102 valence electrons. The van der Waals surface area contributed by atoms with Crippen molar-refractivity contribution in [2.75, 3.05) is 0 Å². The van der Waals surface area contributed by atoms with E-state index in [1.807, 2.05) is 18.2 Å². The van der Waals surface area contributed by atoms with Gasteiger partial charge in [0.1, 0.15) is 5.82 Å². The van der Waals surface area contributed by atoms with E-state index >= 15 is 0 Å². The summed E-state index contributed by atoms with van der Waals surface area (Å²) in [5.41, 5.74) is 8.35. The number of fused-ring (bicyclic) bond motifs is 1. The lowest BCUT2D eigenvalue weighted by Crippen LogP contribution is -2.33. The molecule has 1 aromatic heterocycles. The molecule has 0 saturated heterocycles. The van der Waals surface area contributed by atoms with Crippen LogP contribution in [0.5, 0.6) is 0 Å². The van der Waals surface area contributed by atoms with Gasteiger partial charge in [-0.2, -0.15) is 0 Å². The SMILES string of the molecule is CCn1c(C2CCCCC2N)nc2cccc(Cl)c21. The predicted molar refractivity (Wildman–Crippen MR) is 79.6 cm³/mol. The smallest absolute Gasteiger partial charge is 0.114 e. The van der Waals surface area contributed by atoms with Crippen molar-refractivity contribution in [2.45, 2.75) is 51.1 Å². The van der Waals surface area contributed by atoms with Gasteiger partial charge in [-0.3, -0.25) is 0 Å². The first kappa shape index (κ1) is 12.9. The summed E-state index contributed by atoms with van der Waals surface area (Å²) in [5.74, 6) is 1.50. The number of hydrogen-bond acceptors (Lipinski definition) is 2. The third-order valence-electron chi connectivity index (χ3n) is 4.21. The first-order valence-corrected chi connectivity index (χ1v) is 7.50. The van der Waals surface area contributed by atoms with Crippen LogP contribution in [0.4, 0.5) is 0 Å². The topological polar surface area (TPSA) is 43.8 Å². The summed E-state index contributed by atoms with van der Waals surface area (Å²) >= 11 is 6.34. The highest BCUT2D eigenvalue weighted by atomic mass is 35.5. The van der Waals surface area contributed by atoms with Crippen molar-refractivity contribution < 1.29 is 0 Å². The molecule has 0 bridgehead atoms. The van der Waals surface area contributed by atoms with E-state index in [9.17, 15) is 0 Å². The second-order valence-corrected chi connectivity index (χ2v) is 5.78. The maximum atomic E-state index is 6.34. The average Bonchev–Trinajstić information content (AvgIpc) is 2.79. The number of halogens is 1. The Balaban J connectivity index is 2.15. The highest BCUT2D eigenvalue weighted by Crippen LogP contribution is 2.34. The number of imidazole rings is 1. The molecular formula is C15H20ClN3. The van der Waals surface area contributed by atoms with Crippen LogP contribution in [0.15, 0.2) is 18.2 Å². The van der Waals surface area contributed by atoms with Crippen LogP contribution in [0, 0.1) is 0 Å². The number of benzene rings is 1. The van der Waals surface area contributed by atoms with Crippen LogP contribution in [-0.2, 0) is 6.54 Å². The monoisotopic (exact) mass is 277 g/mol. The summed E-state index contributed by atoms with van der Waals surface area (Å²) in [6, 6.07) is 6.16. The van der Waals surface area contributed by atoms with Crippen LogP contribution in [0.1, 0.15) is 44.3 Å². The molecule has 4 heteroatoms. The number of para-hydroxylation sites is 1. The molecule has 0 aliphatic heterocycles. The molecular weight excluding hydrogens is 258 g/mol. The molecule has 2 aromatic rings. The fourth-order valence-electron chi connectivity index (χ4n) is 3.24. The molecule has 0 radical (unpaired) electrons. The van der Waals surface area contributed by atoms with Crippen LogP contribution >= 0.6 is 11.6 Å². The Morgan fingerprint density at radius 2 is 2.16 bits per heavy atom. The molecule has 1 fully saturated rings. The van der Waals surface area contributed by atoms with Crippen molar-refractivity contribution in [1.29, 1.82) is 0 Å². The summed E-state index contributed by atoms with van der Waals surface area (Å²) in [6.45, 7) is 3.03. The Kier molecular flexibility index (Phi) is 3.50. The Morgan fingerprint density at radius 1 is 1.37 bits per heavy atom. The molecule has 3 nitrogen and oxygen atoms in total. The molecule has 0 amide bonds. The van der Waals surface area contributed by atoms with E-state index < -0.39 is 0 Å². The minimum absolute atomic E-state index is 0.231. The molecule has 0 spiro atoms. The molecule has 2 N–H and O–H groups in total. The molecule has 2 unspecified atom stereocenters. The van der Waals surface area contributed by atoms with Gasteiger partial charge in [-0.1, -0.05) is 30.5 Å². The molecule has 1 aromatic carbocycles. The van der Waals surface area contributed by atoms with E-state index in [4.69, 9.17) is 22.3 Å². The fourth-order valence-corrected chi connectivity index (χ4v) is 3.51. The first-order chi connectivity index (χ1) is 9.22. The molecule has 19 heavy (non-hydrogen) atoms. The minimum Gasteiger partial charge on any atom is -0.327 e. The van der Waals surface area contributed by atoms with Crippen LogP contribution in [0.25, 0.3) is 11.0 Å². The van der Waals surface area contributed by atoms with E-state index in [1.165, 1.54) is 12.8 Å². The van der Waals surface area contributed by atoms with Crippen LogP contribution in [-0.4, -0.2) is 15.6 Å². The van der Waals surface area contributed by atoms with Gasteiger partial charge in [-0.25, -0.2) is 4.98 Å². The van der Waals surface area contributed by atoms with E-state index in [0.717, 1.165) is 41.3 Å². The van der Waals surface area contributed by atoms with Gasteiger partial charge in [-0.05, 0) is 31.9 Å². The second-order valence-electron chi connectivity index (χ2n) is 5.38. The highest BCUT2D eigenvalue weighted by Gasteiger charge is 2.28. The van der Waals surface area contributed by atoms with E-state index in [0.29, 0.717) is 5.92 Å². The molecule has 1 heterocycles. The lowest BCUT2D eigenvalue weighted by Gasteiger charge is -2.28. The Hall–Kier alpha value is -1.06. The third-order valence-corrected chi connectivity index (χ3v) is 4.52. The number of nitrogens with two attached hydrogens (primary N) is 1. The standard InChI is InChI=1S/C15H20ClN3/c1-2-19-14-11(16)7-5-9-13(14)18-15(19)10-6-3-4-8-12(10)17/h5,7,9-10,12H,2-4,6,8,17H2,1H3. The van der Waals surface area contributed by atoms with Crippen LogP contribution < -0.4 is 5.73 Å².